The Hall–Kier alpha value is -0.620. The quantitative estimate of drug-likeness (QED) is 0.566. The Morgan fingerprint density at radius 3 is 2.29 bits per heavy atom. The predicted molar refractivity (Wildman–Crippen MR) is 86.0 cm³/mol. The summed E-state index contributed by atoms with van der Waals surface area (Å²) in [6.45, 7) is 7.39. The van der Waals surface area contributed by atoms with E-state index in [9.17, 15) is 13.2 Å². The van der Waals surface area contributed by atoms with Crippen LogP contribution in [0, 0.1) is 5.41 Å². The Morgan fingerprint density at radius 1 is 1.10 bits per heavy atom. The number of rotatable bonds is 11. The predicted octanol–water partition coefficient (Wildman–Crippen LogP) is 1.49. The minimum atomic E-state index is -2.95. The second-order valence-electron chi connectivity index (χ2n) is 6.64. The topological polar surface area (TPSA) is 75.3 Å². The number of unbranched alkanes of at least 4 members (excludes halogenated alkanes) is 1. The van der Waals surface area contributed by atoms with Gasteiger partial charge >= 0.3 is 0 Å². The average molecular weight is 318 g/mol. The van der Waals surface area contributed by atoms with Crippen molar-refractivity contribution >= 4 is 15.7 Å². The molecule has 0 bridgehead atoms. The van der Waals surface area contributed by atoms with Crippen molar-refractivity contribution in [1.82, 2.24) is 10.6 Å². The Kier molecular flexibility index (Phi) is 7.13. The highest BCUT2D eigenvalue weighted by molar-refractivity contribution is 7.91. The summed E-state index contributed by atoms with van der Waals surface area (Å²) >= 11 is 0. The van der Waals surface area contributed by atoms with Crippen molar-refractivity contribution in [2.75, 3.05) is 24.6 Å². The van der Waals surface area contributed by atoms with E-state index in [1.54, 1.807) is 0 Å². The van der Waals surface area contributed by atoms with Crippen molar-refractivity contribution in [3.63, 3.8) is 0 Å². The van der Waals surface area contributed by atoms with E-state index in [4.69, 9.17) is 0 Å². The fraction of sp³-hybridized carbons (Fsp3) is 0.933. The van der Waals surface area contributed by atoms with Crippen molar-refractivity contribution < 1.29 is 13.2 Å². The van der Waals surface area contributed by atoms with Gasteiger partial charge in [-0.2, -0.15) is 0 Å². The lowest BCUT2D eigenvalue weighted by Crippen LogP contribution is -2.31. The van der Waals surface area contributed by atoms with E-state index in [2.05, 4.69) is 10.6 Å². The van der Waals surface area contributed by atoms with E-state index < -0.39 is 9.84 Å². The molecule has 0 aromatic carbocycles. The third kappa shape index (κ3) is 7.81. The molecule has 1 aliphatic rings. The summed E-state index contributed by atoms with van der Waals surface area (Å²) in [7, 11) is -2.95. The maximum atomic E-state index is 11.8. The van der Waals surface area contributed by atoms with Crippen LogP contribution in [-0.2, 0) is 14.6 Å². The molecule has 0 saturated heterocycles. The summed E-state index contributed by atoms with van der Waals surface area (Å²) in [4.78, 5) is 11.7. The summed E-state index contributed by atoms with van der Waals surface area (Å²) < 4.78 is 23.7. The van der Waals surface area contributed by atoms with Gasteiger partial charge in [0, 0.05) is 18.0 Å². The Morgan fingerprint density at radius 2 is 1.71 bits per heavy atom. The van der Waals surface area contributed by atoms with Crippen molar-refractivity contribution in [3.8, 4) is 0 Å². The molecule has 2 N–H and O–H groups in total. The first-order chi connectivity index (χ1) is 9.75. The molecule has 0 spiro atoms. The third-order valence-electron chi connectivity index (χ3n) is 3.90. The molecule has 1 fully saturated rings. The van der Waals surface area contributed by atoms with Gasteiger partial charge in [-0.05, 0) is 38.6 Å². The summed E-state index contributed by atoms with van der Waals surface area (Å²) in [6.07, 6.45) is 3.95. The van der Waals surface area contributed by atoms with Crippen LogP contribution in [0.1, 0.15) is 52.9 Å². The van der Waals surface area contributed by atoms with E-state index >= 15 is 0 Å². The lowest BCUT2D eigenvalue weighted by Gasteiger charge is -2.10. The van der Waals surface area contributed by atoms with Gasteiger partial charge in [0.1, 0.15) is 9.84 Å². The molecule has 5 nitrogen and oxygen atoms in total. The molecule has 124 valence electrons. The molecule has 0 radical (unpaired) electrons. The van der Waals surface area contributed by atoms with Crippen LogP contribution in [0.5, 0.6) is 0 Å². The maximum Gasteiger partial charge on any atom is 0.225 e. The van der Waals surface area contributed by atoms with Crippen LogP contribution < -0.4 is 10.6 Å². The van der Waals surface area contributed by atoms with E-state index in [1.807, 2.05) is 20.8 Å². The molecule has 1 amide bonds. The molecular formula is C15H30N2O3S. The number of carbonyl (C=O) groups excluding carboxylic acids is 1. The van der Waals surface area contributed by atoms with Crippen molar-refractivity contribution in [1.29, 1.82) is 0 Å². The Bertz CT molecular complexity index is 428. The average Bonchev–Trinajstić information content (AvgIpc) is 3.13. The molecule has 1 rings (SSSR count). The number of sulfone groups is 1. The van der Waals surface area contributed by atoms with E-state index in [-0.39, 0.29) is 22.8 Å². The third-order valence-corrected chi connectivity index (χ3v) is 5.72. The van der Waals surface area contributed by atoms with Gasteiger partial charge in [-0.25, -0.2) is 8.42 Å². The van der Waals surface area contributed by atoms with Crippen LogP contribution in [0.3, 0.4) is 0 Å². The first kappa shape index (κ1) is 18.4. The number of nitrogens with one attached hydrogen (secondary N) is 2. The summed E-state index contributed by atoms with van der Waals surface area (Å²) in [6, 6.07) is 0.393. The number of amides is 1. The van der Waals surface area contributed by atoms with Crippen LogP contribution in [-0.4, -0.2) is 45.0 Å². The monoisotopic (exact) mass is 318 g/mol. The van der Waals surface area contributed by atoms with Gasteiger partial charge < -0.3 is 10.6 Å². The van der Waals surface area contributed by atoms with E-state index in [0.29, 0.717) is 25.4 Å². The molecular weight excluding hydrogens is 288 g/mol. The molecule has 0 atom stereocenters. The van der Waals surface area contributed by atoms with Crippen LogP contribution in [0.2, 0.25) is 0 Å². The zero-order valence-electron chi connectivity index (χ0n) is 13.6. The first-order valence-corrected chi connectivity index (χ1v) is 9.79. The van der Waals surface area contributed by atoms with Crippen molar-refractivity contribution in [2.45, 2.75) is 58.9 Å². The van der Waals surface area contributed by atoms with Crippen molar-refractivity contribution in [3.05, 3.63) is 0 Å². The minimum Gasteiger partial charge on any atom is -0.356 e. The van der Waals surface area contributed by atoms with Gasteiger partial charge in [0.25, 0.3) is 0 Å². The van der Waals surface area contributed by atoms with Crippen LogP contribution in [0.15, 0.2) is 0 Å². The minimum absolute atomic E-state index is 0.116. The Balaban J connectivity index is 2.03. The van der Waals surface area contributed by atoms with Gasteiger partial charge in [-0.15, -0.1) is 0 Å². The fourth-order valence-corrected chi connectivity index (χ4v) is 3.49. The second kappa shape index (κ2) is 8.13. The second-order valence-corrected chi connectivity index (χ2v) is 8.94. The normalized spacial score (nSPS) is 17.0. The highest BCUT2D eigenvalue weighted by atomic mass is 32.2. The molecule has 0 aliphatic heterocycles. The molecule has 0 unspecified atom stereocenters. The van der Waals surface area contributed by atoms with Gasteiger partial charge in [-0.3, -0.25) is 4.79 Å². The number of hydrogen-bond acceptors (Lipinski definition) is 4. The molecule has 0 aromatic heterocycles. The van der Waals surface area contributed by atoms with Crippen LogP contribution in [0.25, 0.3) is 0 Å². The van der Waals surface area contributed by atoms with E-state index in [0.717, 1.165) is 25.8 Å². The van der Waals surface area contributed by atoms with Crippen LogP contribution in [0.4, 0.5) is 0 Å². The molecule has 0 heterocycles. The van der Waals surface area contributed by atoms with Gasteiger partial charge in [0.2, 0.25) is 5.91 Å². The SMILES string of the molecule is CC(C)NCCCS(=O)(=O)CCCCNC(=O)C1(C)CC1. The highest BCUT2D eigenvalue weighted by Gasteiger charge is 2.44. The zero-order valence-corrected chi connectivity index (χ0v) is 14.4. The summed E-state index contributed by atoms with van der Waals surface area (Å²) in [5, 5.41) is 6.11. The standard InChI is InChI=1S/C15H30N2O3S/c1-13(2)16-10-6-12-21(19,20)11-5-4-9-17-14(18)15(3)7-8-15/h13,16H,4-12H2,1-3H3,(H,17,18). The van der Waals surface area contributed by atoms with Crippen LogP contribution >= 0.6 is 0 Å². The van der Waals surface area contributed by atoms with E-state index in [1.165, 1.54) is 0 Å². The van der Waals surface area contributed by atoms with Gasteiger partial charge in [0.05, 0.1) is 11.5 Å². The zero-order chi connectivity index (χ0) is 15.9. The Labute approximate surface area is 129 Å². The largest absolute Gasteiger partial charge is 0.356 e. The molecule has 6 heteroatoms. The van der Waals surface area contributed by atoms with Gasteiger partial charge in [-0.1, -0.05) is 20.8 Å². The summed E-state index contributed by atoms with van der Waals surface area (Å²) in [5.41, 5.74) is -0.143. The molecule has 0 aromatic rings. The first-order valence-electron chi connectivity index (χ1n) is 7.97. The molecule has 21 heavy (non-hydrogen) atoms. The lowest BCUT2D eigenvalue weighted by atomic mass is 10.1. The fourth-order valence-electron chi connectivity index (χ4n) is 2.06. The number of hydrogen-bond donors (Lipinski definition) is 2. The summed E-state index contributed by atoms with van der Waals surface area (Å²) in [5.74, 6) is 0.587. The lowest BCUT2D eigenvalue weighted by molar-refractivity contribution is -0.125. The van der Waals surface area contributed by atoms with Gasteiger partial charge in [0.15, 0.2) is 0 Å². The molecule has 1 saturated carbocycles. The highest BCUT2D eigenvalue weighted by Crippen LogP contribution is 2.44. The number of carbonyl (C=O) groups is 1. The maximum absolute atomic E-state index is 11.8. The van der Waals surface area contributed by atoms with Crippen molar-refractivity contribution in [2.24, 2.45) is 5.41 Å². The smallest absolute Gasteiger partial charge is 0.225 e. The molecule has 1 aliphatic carbocycles.